The monoisotopic (exact) mass is 345 g/mol. The minimum Gasteiger partial charge on any atom is -0.341 e. The average molecular weight is 345 g/mol. The SMILES string of the molecule is Cc1nn(CC(C)C)c(C)c1CCC(=O)N(C)Cc1ccccc1F. The van der Waals surface area contributed by atoms with E-state index in [0.29, 0.717) is 24.3 Å². The Bertz CT molecular complexity index is 737. The topological polar surface area (TPSA) is 38.1 Å². The number of carbonyl (C=O) groups is 1. The van der Waals surface area contributed by atoms with Gasteiger partial charge in [0.25, 0.3) is 0 Å². The number of benzene rings is 1. The first kappa shape index (κ1) is 19.2. The lowest BCUT2D eigenvalue weighted by molar-refractivity contribution is -0.130. The highest BCUT2D eigenvalue weighted by Gasteiger charge is 2.16. The molecule has 0 saturated carbocycles. The van der Waals surface area contributed by atoms with Gasteiger partial charge in [-0.15, -0.1) is 0 Å². The zero-order valence-corrected chi connectivity index (χ0v) is 15.8. The molecule has 0 N–H and O–H groups in total. The van der Waals surface area contributed by atoms with E-state index < -0.39 is 0 Å². The van der Waals surface area contributed by atoms with Crippen LogP contribution in [0.25, 0.3) is 0 Å². The molecular weight excluding hydrogens is 317 g/mol. The van der Waals surface area contributed by atoms with Gasteiger partial charge in [0.2, 0.25) is 5.91 Å². The zero-order chi connectivity index (χ0) is 18.6. The van der Waals surface area contributed by atoms with Crippen LogP contribution >= 0.6 is 0 Å². The molecule has 0 fully saturated rings. The van der Waals surface area contributed by atoms with Crippen LogP contribution in [0.1, 0.15) is 42.8 Å². The van der Waals surface area contributed by atoms with Crippen LogP contribution in [0.5, 0.6) is 0 Å². The van der Waals surface area contributed by atoms with Crippen molar-refractivity contribution in [2.24, 2.45) is 5.92 Å². The first-order valence-corrected chi connectivity index (χ1v) is 8.79. The lowest BCUT2D eigenvalue weighted by Crippen LogP contribution is -2.26. The maximum Gasteiger partial charge on any atom is 0.222 e. The standard InChI is InChI=1S/C20H28FN3O/c1-14(2)12-24-16(4)18(15(3)22-24)10-11-20(25)23(5)13-17-8-6-7-9-19(17)21/h6-9,14H,10-13H2,1-5H3. The summed E-state index contributed by atoms with van der Waals surface area (Å²) in [5, 5.41) is 4.59. The maximum absolute atomic E-state index is 13.7. The van der Waals surface area contributed by atoms with Crippen molar-refractivity contribution in [3.63, 3.8) is 0 Å². The number of halogens is 1. The van der Waals surface area contributed by atoms with E-state index in [4.69, 9.17) is 0 Å². The molecule has 0 aliphatic carbocycles. The maximum atomic E-state index is 13.7. The van der Waals surface area contributed by atoms with Gasteiger partial charge in [-0.1, -0.05) is 32.0 Å². The number of amides is 1. The van der Waals surface area contributed by atoms with E-state index in [1.807, 2.05) is 11.6 Å². The quantitative estimate of drug-likeness (QED) is 0.764. The summed E-state index contributed by atoms with van der Waals surface area (Å²) in [6.07, 6.45) is 1.07. The van der Waals surface area contributed by atoms with Crippen molar-refractivity contribution < 1.29 is 9.18 Å². The third-order valence-electron chi connectivity index (χ3n) is 4.45. The molecule has 0 unspecified atom stereocenters. The number of carbonyl (C=O) groups excluding carboxylic acids is 1. The van der Waals surface area contributed by atoms with Crippen LogP contribution in [0.2, 0.25) is 0 Å². The molecule has 0 bridgehead atoms. The summed E-state index contributed by atoms with van der Waals surface area (Å²) >= 11 is 0. The highest BCUT2D eigenvalue weighted by molar-refractivity contribution is 5.76. The summed E-state index contributed by atoms with van der Waals surface area (Å²) in [6, 6.07) is 6.57. The Morgan fingerprint density at radius 1 is 1.28 bits per heavy atom. The third kappa shape index (κ3) is 4.91. The fourth-order valence-electron chi connectivity index (χ4n) is 3.01. The van der Waals surface area contributed by atoms with Crippen LogP contribution in [0.15, 0.2) is 24.3 Å². The first-order chi connectivity index (χ1) is 11.8. The van der Waals surface area contributed by atoms with E-state index >= 15 is 0 Å². The highest BCUT2D eigenvalue weighted by atomic mass is 19.1. The van der Waals surface area contributed by atoms with E-state index in [9.17, 15) is 9.18 Å². The molecule has 1 aromatic carbocycles. The van der Waals surface area contributed by atoms with Gasteiger partial charge in [-0.2, -0.15) is 5.10 Å². The summed E-state index contributed by atoms with van der Waals surface area (Å²) in [7, 11) is 1.72. The predicted molar refractivity (Wildman–Crippen MR) is 97.7 cm³/mol. The minimum atomic E-state index is -0.274. The summed E-state index contributed by atoms with van der Waals surface area (Å²) in [6.45, 7) is 9.55. The van der Waals surface area contributed by atoms with Crippen molar-refractivity contribution in [1.29, 1.82) is 0 Å². The molecule has 2 rings (SSSR count). The van der Waals surface area contributed by atoms with E-state index in [0.717, 1.165) is 23.5 Å². The Hall–Kier alpha value is -2.17. The van der Waals surface area contributed by atoms with Gasteiger partial charge in [-0.05, 0) is 37.8 Å². The molecule has 2 aromatic rings. The summed E-state index contributed by atoms with van der Waals surface area (Å²) in [5.41, 5.74) is 3.81. The smallest absolute Gasteiger partial charge is 0.222 e. The van der Waals surface area contributed by atoms with Gasteiger partial charge in [-0.3, -0.25) is 9.48 Å². The fourth-order valence-corrected chi connectivity index (χ4v) is 3.01. The van der Waals surface area contributed by atoms with Crippen molar-refractivity contribution in [1.82, 2.24) is 14.7 Å². The van der Waals surface area contributed by atoms with Crippen molar-refractivity contribution in [2.75, 3.05) is 7.05 Å². The lowest BCUT2D eigenvalue weighted by atomic mass is 10.1. The number of aryl methyl sites for hydroxylation is 1. The van der Waals surface area contributed by atoms with Gasteiger partial charge in [0.05, 0.1) is 5.69 Å². The van der Waals surface area contributed by atoms with Crippen molar-refractivity contribution in [3.8, 4) is 0 Å². The molecule has 136 valence electrons. The summed E-state index contributed by atoms with van der Waals surface area (Å²) < 4.78 is 15.8. The van der Waals surface area contributed by atoms with Crippen LogP contribution in [-0.4, -0.2) is 27.6 Å². The highest BCUT2D eigenvalue weighted by Crippen LogP contribution is 2.17. The Kier molecular flexibility index (Phi) is 6.34. The lowest BCUT2D eigenvalue weighted by Gasteiger charge is -2.17. The number of hydrogen-bond acceptors (Lipinski definition) is 2. The number of aromatic nitrogens is 2. The van der Waals surface area contributed by atoms with Crippen molar-refractivity contribution >= 4 is 5.91 Å². The third-order valence-corrected chi connectivity index (χ3v) is 4.45. The second-order valence-electron chi connectivity index (χ2n) is 7.07. The molecule has 1 amide bonds. The van der Waals surface area contributed by atoms with Crippen LogP contribution in [-0.2, 0) is 24.3 Å². The number of hydrogen-bond donors (Lipinski definition) is 0. The summed E-state index contributed by atoms with van der Waals surface area (Å²) in [4.78, 5) is 14.0. The molecule has 0 aliphatic heterocycles. The van der Waals surface area contributed by atoms with E-state index in [1.165, 1.54) is 6.07 Å². The first-order valence-electron chi connectivity index (χ1n) is 8.79. The minimum absolute atomic E-state index is 0.0127. The predicted octanol–water partition coefficient (Wildman–Crippen LogP) is 3.89. The van der Waals surface area contributed by atoms with Gasteiger partial charge in [0.15, 0.2) is 0 Å². The fraction of sp³-hybridized carbons (Fsp3) is 0.500. The van der Waals surface area contributed by atoms with Crippen LogP contribution in [0, 0.1) is 25.6 Å². The van der Waals surface area contributed by atoms with Crippen LogP contribution < -0.4 is 0 Å². The van der Waals surface area contributed by atoms with Crippen LogP contribution in [0.4, 0.5) is 4.39 Å². The molecule has 5 heteroatoms. The molecule has 0 aliphatic rings. The van der Waals surface area contributed by atoms with Gasteiger partial charge in [0.1, 0.15) is 5.82 Å². The molecule has 1 heterocycles. The normalized spacial score (nSPS) is 11.2. The molecule has 0 radical (unpaired) electrons. The Balaban J connectivity index is 1.98. The Labute approximate surface area is 149 Å². The van der Waals surface area contributed by atoms with Gasteiger partial charge in [0, 0.05) is 37.8 Å². The van der Waals surface area contributed by atoms with E-state index in [-0.39, 0.29) is 18.3 Å². The zero-order valence-electron chi connectivity index (χ0n) is 15.8. The molecule has 25 heavy (non-hydrogen) atoms. The number of nitrogens with zero attached hydrogens (tertiary/aromatic N) is 3. The summed E-state index contributed by atoms with van der Waals surface area (Å²) in [5.74, 6) is 0.266. The van der Waals surface area contributed by atoms with Gasteiger partial charge >= 0.3 is 0 Å². The Morgan fingerprint density at radius 2 is 1.96 bits per heavy atom. The Morgan fingerprint density at radius 3 is 2.60 bits per heavy atom. The molecular formula is C20H28FN3O. The molecule has 4 nitrogen and oxygen atoms in total. The van der Waals surface area contributed by atoms with Gasteiger partial charge < -0.3 is 4.90 Å². The van der Waals surface area contributed by atoms with Crippen molar-refractivity contribution in [3.05, 3.63) is 52.6 Å². The van der Waals surface area contributed by atoms with Crippen molar-refractivity contribution in [2.45, 2.75) is 53.6 Å². The van der Waals surface area contributed by atoms with Gasteiger partial charge in [-0.25, -0.2) is 4.39 Å². The molecule has 0 spiro atoms. The molecule has 0 saturated heterocycles. The van der Waals surface area contributed by atoms with E-state index in [1.54, 1.807) is 30.1 Å². The molecule has 1 aromatic heterocycles. The number of rotatable bonds is 7. The average Bonchev–Trinajstić information content (AvgIpc) is 2.80. The second-order valence-corrected chi connectivity index (χ2v) is 7.07. The second kappa shape index (κ2) is 8.28. The van der Waals surface area contributed by atoms with E-state index in [2.05, 4.69) is 25.9 Å². The largest absolute Gasteiger partial charge is 0.341 e. The molecule has 0 atom stereocenters. The van der Waals surface area contributed by atoms with Crippen LogP contribution in [0.3, 0.4) is 0 Å².